The van der Waals surface area contributed by atoms with Gasteiger partial charge in [-0.3, -0.25) is 9.69 Å². The summed E-state index contributed by atoms with van der Waals surface area (Å²) in [7, 11) is 1.63. The summed E-state index contributed by atoms with van der Waals surface area (Å²) in [6.07, 6.45) is -0.132. The molecule has 138 valence electrons. The van der Waals surface area contributed by atoms with Crippen molar-refractivity contribution in [2.75, 3.05) is 26.7 Å². The molecule has 3 atom stereocenters. The quantitative estimate of drug-likeness (QED) is 0.678. The largest absolute Gasteiger partial charge is 0.378 e. The maximum Gasteiger partial charge on any atom is 0.315 e. The second kappa shape index (κ2) is 9.39. The molecular weight excluding hydrogens is 320 g/mol. The predicted octanol–water partition coefficient (Wildman–Crippen LogP) is 0.710. The smallest absolute Gasteiger partial charge is 0.315 e. The highest BCUT2D eigenvalue weighted by Crippen LogP contribution is 2.16. The second-order valence-corrected chi connectivity index (χ2v) is 6.22. The average molecular weight is 348 g/mol. The molecule has 1 aromatic carbocycles. The van der Waals surface area contributed by atoms with Gasteiger partial charge in [-0.15, -0.1) is 0 Å². The highest BCUT2D eigenvalue weighted by atomic mass is 16.5. The van der Waals surface area contributed by atoms with E-state index >= 15 is 0 Å². The Morgan fingerprint density at radius 1 is 1.24 bits per heavy atom. The predicted molar refractivity (Wildman–Crippen MR) is 96.1 cm³/mol. The van der Waals surface area contributed by atoms with Crippen molar-refractivity contribution >= 4 is 11.9 Å². The minimum Gasteiger partial charge on any atom is -0.378 e. The monoisotopic (exact) mass is 348 g/mol. The van der Waals surface area contributed by atoms with Crippen LogP contribution >= 0.6 is 0 Å². The summed E-state index contributed by atoms with van der Waals surface area (Å²) in [5, 5.41) is 8.60. The highest BCUT2D eigenvalue weighted by molar-refractivity contribution is 5.81. The van der Waals surface area contributed by atoms with Gasteiger partial charge in [0.1, 0.15) is 0 Å². The fraction of sp³-hybridized carbons (Fsp3) is 0.556. The number of amides is 3. The Kier molecular flexibility index (Phi) is 7.21. The summed E-state index contributed by atoms with van der Waals surface area (Å²) in [6, 6.07) is 9.17. The fourth-order valence-corrected chi connectivity index (χ4v) is 2.98. The number of rotatable bonds is 7. The minimum atomic E-state index is -0.289. The Bertz CT molecular complexity index is 567. The van der Waals surface area contributed by atoms with E-state index < -0.39 is 0 Å². The number of likely N-dealkylation sites (tertiary alicyclic amines) is 1. The molecule has 7 heteroatoms. The third-order valence-electron chi connectivity index (χ3n) is 4.49. The van der Waals surface area contributed by atoms with Crippen LogP contribution in [0.25, 0.3) is 0 Å². The molecule has 0 saturated carbocycles. The Labute approximate surface area is 149 Å². The molecule has 3 N–H and O–H groups in total. The first kappa shape index (κ1) is 19.2. The summed E-state index contributed by atoms with van der Waals surface area (Å²) in [4.78, 5) is 26.2. The molecule has 1 aliphatic heterocycles. The molecule has 0 unspecified atom stereocenters. The Balaban J connectivity index is 1.87. The summed E-state index contributed by atoms with van der Waals surface area (Å²) in [6.45, 7) is 6.00. The van der Waals surface area contributed by atoms with E-state index in [9.17, 15) is 9.59 Å². The lowest BCUT2D eigenvalue weighted by Gasteiger charge is -2.23. The standard InChI is InChI=1S/C18H28N4O3/c1-4-19-18(24)21-15-11-22(12-16(15)25-3)13(2)17(23)20-10-14-8-6-5-7-9-14/h5-9,13,15-16H,4,10-12H2,1-3H3,(H,20,23)(H2,19,21,24)/t13-,15-,16+/m1/s1. The van der Waals surface area contributed by atoms with Crippen LogP contribution in [0, 0.1) is 0 Å². The molecule has 25 heavy (non-hydrogen) atoms. The van der Waals surface area contributed by atoms with Crippen LogP contribution in [-0.4, -0.2) is 61.8 Å². The van der Waals surface area contributed by atoms with E-state index in [0.29, 0.717) is 26.2 Å². The van der Waals surface area contributed by atoms with E-state index in [1.807, 2.05) is 49.1 Å². The first-order valence-corrected chi connectivity index (χ1v) is 8.68. The SMILES string of the molecule is CCNC(=O)N[C@@H]1CN([C@H](C)C(=O)NCc2ccccc2)C[C@@H]1OC. The van der Waals surface area contributed by atoms with Crippen LogP contribution in [0.4, 0.5) is 4.79 Å². The molecular formula is C18H28N4O3. The molecule has 0 aliphatic carbocycles. The van der Waals surface area contributed by atoms with Crippen LogP contribution in [0.5, 0.6) is 0 Å². The van der Waals surface area contributed by atoms with Gasteiger partial charge in [-0.1, -0.05) is 30.3 Å². The lowest BCUT2D eigenvalue weighted by molar-refractivity contribution is -0.125. The zero-order valence-corrected chi connectivity index (χ0v) is 15.1. The van der Waals surface area contributed by atoms with Gasteiger partial charge in [0.25, 0.3) is 0 Å². The van der Waals surface area contributed by atoms with Crippen molar-refractivity contribution in [1.29, 1.82) is 0 Å². The van der Waals surface area contributed by atoms with E-state index in [0.717, 1.165) is 5.56 Å². The van der Waals surface area contributed by atoms with E-state index in [1.165, 1.54) is 0 Å². The number of benzene rings is 1. The maximum atomic E-state index is 12.4. The number of carbonyl (C=O) groups excluding carboxylic acids is 2. The molecule has 0 spiro atoms. The molecule has 1 saturated heterocycles. The van der Waals surface area contributed by atoms with Gasteiger partial charge < -0.3 is 20.7 Å². The van der Waals surface area contributed by atoms with Crippen molar-refractivity contribution in [3.05, 3.63) is 35.9 Å². The zero-order chi connectivity index (χ0) is 18.2. The number of carbonyl (C=O) groups is 2. The number of urea groups is 1. The summed E-state index contributed by atoms with van der Waals surface area (Å²) < 4.78 is 5.48. The number of ether oxygens (including phenoxy) is 1. The Hall–Kier alpha value is -2.12. The second-order valence-electron chi connectivity index (χ2n) is 6.22. The van der Waals surface area contributed by atoms with Crippen LogP contribution in [0.1, 0.15) is 19.4 Å². The van der Waals surface area contributed by atoms with Crippen LogP contribution in [-0.2, 0) is 16.1 Å². The van der Waals surface area contributed by atoms with Crippen molar-refractivity contribution < 1.29 is 14.3 Å². The van der Waals surface area contributed by atoms with Gasteiger partial charge in [0.2, 0.25) is 5.91 Å². The molecule has 0 radical (unpaired) electrons. The summed E-state index contributed by atoms with van der Waals surface area (Å²) in [5.41, 5.74) is 1.06. The van der Waals surface area contributed by atoms with Gasteiger partial charge in [-0.25, -0.2) is 4.79 Å². The first-order chi connectivity index (χ1) is 12.0. The van der Waals surface area contributed by atoms with Crippen molar-refractivity contribution in [3.63, 3.8) is 0 Å². The van der Waals surface area contributed by atoms with Crippen LogP contribution in [0.15, 0.2) is 30.3 Å². The molecule has 7 nitrogen and oxygen atoms in total. The molecule has 2 rings (SSSR count). The van der Waals surface area contributed by atoms with E-state index in [4.69, 9.17) is 4.74 Å². The van der Waals surface area contributed by atoms with Crippen LogP contribution in [0.3, 0.4) is 0 Å². The Morgan fingerprint density at radius 2 is 1.96 bits per heavy atom. The average Bonchev–Trinajstić information content (AvgIpc) is 3.02. The lowest BCUT2D eigenvalue weighted by atomic mass is 10.2. The third kappa shape index (κ3) is 5.44. The van der Waals surface area contributed by atoms with Gasteiger partial charge in [0.05, 0.1) is 18.2 Å². The Morgan fingerprint density at radius 3 is 2.60 bits per heavy atom. The highest BCUT2D eigenvalue weighted by Gasteiger charge is 2.37. The van der Waals surface area contributed by atoms with E-state index in [2.05, 4.69) is 16.0 Å². The molecule has 0 aromatic heterocycles. The summed E-state index contributed by atoms with van der Waals surface area (Å²) >= 11 is 0. The van der Waals surface area contributed by atoms with Crippen LogP contribution < -0.4 is 16.0 Å². The number of hydrogen-bond acceptors (Lipinski definition) is 4. The maximum absolute atomic E-state index is 12.4. The van der Waals surface area contributed by atoms with Crippen LogP contribution in [0.2, 0.25) is 0 Å². The van der Waals surface area contributed by atoms with Crippen molar-refractivity contribution in [2.24, 2.45) is 0 Å². The minimum absolute atomic E-state index is 0.0302. The molecule has 1 aliphatic rings. The zero-order valence-electron chi connectivity index (χ0n) is 15.1. The number of nitrogens with one attached hydrogen (secondary N) is 3. The molecule has 1 heterocycles. The molecule has 1 aromatic rings. The van der Waals surface area contributed by atoms with Gasteiger partial charge in [0.15, 0.2) is 0 Å². The number of hydrogen-bond donors (Lipinski definition) is 3. The van der Waals surface area contributed by atoms with Crippen molar-refractivity contribution in [2.45, 2.75) is 38.6 Å². The third-order valence-corrected chi connectivity index (χ3v) is 4.49. The van der Waals surface area contributed by atoms with Gasteiger partial charge in [-0.05, 0) is 19.4 Å². The first-order valence-electron chi connectivity index (χ1n) is 8.68. The number of methoxy groups -OCH3 is 1. The van der Waals surface area contributed by atoms with Gasteiger partial charge >= 0.3 is 6.03 Å². The van der Waals surface area contributed by atoms with Gasteiger partial charge in [0, 0.05) is 33.3 Å². The van der Waals surface area contributed by atoms with Gasteiger partial charge in [-0.2, -0.15) is 0 Å². The molecule has 1 fully saturated rings. The van der Waals surface area contributed by atoms with E-state index in [-0.39, 0.29) is 30.1 Å². The van der Waals surface area contributed by atoms with Crippen molar-refractivity contribution in [1.82, 2.24) is 20.9 Å². The topological polar surface area (TPSA) is 82.7 Å². The molecule has 3 amide bonds. The fourth-order valence-electron chi connectivity index (χ4n) is 2.98. The number of nitrogens with zero attached hydrogens (tertiary/aromatic N) is 1. The van der Waals surface area contributed by atoms with Crippen molar-refractivity contribution in [3.8, 4) is 0 Å². The normalized spacial score (nSPS) is 21.6. The lowest BCUT2D eigenvalue weighted by Crippen LogP contribution is -2.48. The van der Waals surface area contributed by atoms with E-state index in [1.54, 1.807) is 7.11 Å². The summed E-state index contributed by atoms with van der Waals surface area (Å²) in [5.74, 6) is -0.0302. The molecule has 0 bridgehead atoms.